The topological polar surface area (TPSA) is 137 Å². The molecular formula is C25H33NO7S. The zero-order valence-corrected chi connectivity index (χ0v) is 21.2. The number of aromatic amines is 1. The number of thiazole rings is 1. The Bertz CT molecular complexity index is 1160. The van der Waals surface area contributed by atoms with E-state index >= 15 is 0 Å². The third kappa shape index (κ3) is 3.10. The van der Waals surface area contributed by atoms with Gasteiger partial charge in [-0.1, -0.05) is 51.2 Å². The average Bonchev–Trinajstić information content (AvgIpc) is 3.18. The molecule has 7 atom stereocenters. The van der Waals surface area contributed by atoms with Crippen LogP contribution < -0.4 is 4.87 Å². The molecular weight excluding hydrogens is 458 g/mol. The molecule has 1 fully saturated rings. The van der Waals surface area contributed by atoms with Crippen molar-refractivity contribution in [2.24, 2.45) is 28.6 Å². The van der Waals surface area contributed by atoms with Crippen LogP contribution in [0.3, 0.4) is 0 Å². The van der Waals surface area contributed by atoms with E-state index in [1.54, 1.807) is 26.0 Å². The van der Waals surface area contributed by atoms with Gasteiger partial charge in [-0.25, -0.2) is 4.79 Å². The number of aryl methyl sites for hydroxylation is 1. The summed E-state index contributed by atoms with van der Waals surface area (Å²) >= 11 is 0.699. The van der Waals surface area contributed by atoms with Crippen LogP contribution in [0, 0.1) is 35.5 Å². The van der Waals surface area contributed by atoms with Gasteiger partial charge in [0.25, 0.3) is 0 Å². The number of carbonyl (C=O) groups excluding carboxylic acids is 2. The first-order valence-corrected chi connectivity index (χ1v) is 12.4. The molecule has 8 nitrogen and oxygen atoms in total. The van der Waals surface area contributed by atoms with Crippen LogP contribution in [0.5, 0.6) is 0 Å². The zero-order valence-electron chi connectivity index (χ0n) is 20.3. The third-order valence-corrected chi connectivity index (χ3v) is 9.71. The molecule has 3 aliphatic carbocycles. The lowest BCUT2D eigenvalue weighted by Crippen LogP contribution is -2.65. The third-order valence-electron chi connectivity index (χ3n) is 8.74. The maximum atomic E-state index is 14.3. The van der Waals surface area contributed by atoms with E-state index in [-0.39, 0.29) is 28.1 Å². The SMILES string of the molecule is CC1=CC23C(=O)[C@@H](C=C(CO)[C@@H](O)[C@]2(O)[C@H]1OC(=O)c1sc(=O)[nH]c1C)C(C)(C)[C@@H](C)CC3C. The van der Waals surface area contributed by atoms with E-state index in [0.29, 0.717) is 29.0 Å². The number of esters is 1. The molecule has 4 N–H and O–H groups in total. The smallest absolute Gasteiger partial charge is 0.351 e. The number of Topliss-reactive ketones (excluding diaryl/α,β-unsaturated/α-hetero) is 1. The van der Waals surface area contributed by atoms with Gasteiger partial charge in [0.05, 0.1) is 12.0 Å². The van der Waals surface area contributed by atoms with Crippen LogP contribution in [0.4, 0.5) is 0 Å². The highest BCUT2D eigenvalue weighted by Crippen LogP contribution is 2.62. The first-order chi connectivity index (χ1) is 15.7. The number of ether oxygens (including phenoxy) is 1. The van der Waals surface area contributed by atoms with Crippen molar-refractivity contribution in [1.29, 1.82) is 0 Å². The Morgan fingerprint density at radius 3 is 2.44 bits per heavy atom. The minimum Gasteiger partial charge on any atom is -0.450 e. The number of allylic oxidation sites excluding steroid dienone is 1. The number of aromatic nitrogens is 1. The summed E-state index contributed by atoms with van der Waals surface area (Å²) in [5.74, 6) is -2.02. The molecule has 1 aromatic rings. The molecule has 1 aromatic heterocycles. The molecule has 0 aliphatic heterocycles. The highest BCUT2D eigenvalue weighted by atomic mass is 32.1. The predicted molar refractivity (Wildman–Crippen MR) is 126 cm³/mol. The Morgan fingerprint density at radius 2 is 1.88 bits per heavy atom. The summed E-state index contributed by atoms with van der Waals surface area (Å²) in [6, 6.07) is 0. The molecule has 2 unspecified atom stereocenters. The van der Waals surface area contributed by atoms with E-state index in [2.05, 4.69) is 11.9 Å². The molecule has 1 heterocycles. The van der Waals surface area contributed by atoms with Gasteiger partial charge in [0, 0.05) is 11.6 Å². The second kappa shape index (κ2) is 7.98. The van der Waals surface area contributed by atoms with Crippen LogP contribution in [0.15, 0.2) is 28.1 Å². The highest BCUT2D eigenvalue weighted by Gasteiger charge is 2.73. The van der Waals surface area contributed by atoms with Crippen LogP contribution in [-0.2, 0) is 9.53 Å². The van der Waals surface area contributed by atoms with Crippen molar-refractivity contribution < 1.29 is 29.6 Å². The van der Waals surface area contributed by atoms with Crippen molar-refractivity contribution >= 4 is 23.1 Å². The van der Waals surface area contributed by atoms with E-state index < -0.39 is 52.0 Å². The van der Waals surface area contributed by atoms with Gasteiger partial charge in [-0.2, -0.15) is 0 Å². The number of ketones is 1. The molecule has 9 heteroatoms. The monoisotopic (exact) mass is 491 g/mol. The maximum absolute atomic E-state index is 14.3. The number of hydrogen-bond donors (Lipinski definition) is 4. The number of carbonyl (C=O) groups is 2. The molecule has 0 amide bonds. The molecule has 1 saturated carbocycles. The predicted octanol–water partition coefficient (Wildman–Crippen LogP) is 2.13. The van der Waals surface area contributed by atoms with E-state index in [1.807, 2.05) is 20.8 Å². The second-order valence-electron chi connectivity index (χ2n) is 10.8. The van der Waals surface area contributed by atoms with Crippen LogP contribution in [-0.4, -0.2) is 56.5 Å². The summed E-state index contributed by atoms with van der Waals surface area (Å²) in [5.41, 5.74) is -3.33. The Morgan fingerprint density at radius 1 is 1.24 bits per heavy atom. The van der Waals surface area contributed by atoms with E-state index in [9.17, 15) is 29.7 Å². The Hall–Kier alpha value is -2.07. The molecule has 2 bridgehead atoms. The van der Waals surface area contributed by atoms with Crippen molar-refractivity contribution in [2.75, 3.05) is 6.61 Å². The minimum absolute atomic E-state index is 0.0660. The number of fused-ring (bicyclic) bond motifs is 1. The van der Waals surface area contributed by atoms with Crippen molar-refractivity contribution in [3.8, 4) is 0 Å². The molecule has 186 valence electrons. The molecule has 0 radical (unpaired) electrons. The Labute approximate surface area is 202 Å². The highest BCUT2D eigenvalue weighted by molar-refractivity contribution is 7.11. The van der Waals surface area contributed by atoms with Gasteiger partial charge >= 0.3 is 10.8 Å². The van der Waals surface area contributed by atoms with Gasteiger partial charge in [0.15, 0.2) is 17.5 Å². The summed E-state index contributed by atoms with van der Waals surface area (Å²) in [5, 5.41) is 34.0. The van der Waals surface area contributed by atoms with Crippen LogP contribution in [0.2, 0.25) is 0 Å². The summed E-state index contributed by atoms with van der Waals surface area (Å²) in [6.45, 7) is 10.6. The number of aliphatic hydroxyl groups excluding tert-OH is 2. The molecule has 1 spiro atoms. The fourth-order valence-electron chi connectivity index (χ4n) is 6.41. The van der Waals surface area contributed by atoms with Gasteiger partial charge in [-0.3, -0.25) is 9.59 Å². The quantitative estimate of drug-likeness (QED) is 0.375. The number of H-pyrrole nitrogens is 1. The van der Waals surface area contributed by atoms with Crippen LogP contribution in [0.25, 0.3) is 0 Å². The molecule has 4 rings (SSSR count). The molecule has 0 saturated heterocycles. The number of aliphatic hydroxyl groups is 3. The van der Waals surface area contributed by atoms with E-state index in [1.165, 1.54) is 0 Å². The number of nitrogens with one attached hydrogen (secondary N) is 1. The van der Waals surface area contributed by atoms with Crippen molar-refractivity contribution in [3.63, 3.8) is 0 Å². The molecule has 0 aromatic carbocycles. The second-order valence-corrected chi connectivity index (χ2v) is 11.8. The Balaban J connectivity index is 1.91. The first kappa shape index (κ1) is 25.0. The fourth-order valence-corrected chi connectivity index (χ4v) is 7.14. The number of hydrogen-bond acceptors (Lipinski definition) is 8. The lowest BCUT2D eigenvalue weighted by atomic mass is 9.59. The van der Waals surface area contributed by atoms with E-state index in [0.717, 1.165) is 0 Å². The summed E-state index contributed by atoms with van der Waals surface area (Å²) in [4.78, 5) is 41.3. The van der Waals surface area contributed by atoms with Crippen LogP contribution in [0.1, 0.15) is 56.4 Å². The lowest BCUT2D eigenvalue weighted by Gasteiger charge is -2.48. The Kier molecular flexibility index (Phi) is 5.87. The minimum atomic E-state index is -2.22. The van der Waals surface area contributed by atoms with Gasteiger partial charge in [-0.05, 0) is 48.7 Å². The van der Waals surface area contributed by atoms with Crippen molar-refractivity contribution in [2.45, 2.75) is 65.8 Å². The maximum Gasteiger partial charge on any atom is 0.351 e. The fraction of sp³-hybridized carbons (Fsp3) is 0.640. The normalized spacial score (nSPS) is 39.0. The van der Waals surface area contributed by atoms with Crippen LogP contribution >= 0.6 is 11.3 Å². The van der Waals surface area contributed by atoms with Gasteiger partial charge in [0.2, 0.25) is 0 Å². The van der Waals surface area contributed by atoms with Gasteiger partial charge in [0.1, 0.15) is 11.0 Å². The van der Waals surface area contributed by atoms with Crippen molar-refractivity contribution in [1.82, 2.24) is 4.98 Å². The lowest BCUT2D eigenvalue weighted by molar-refractivity contribution is -0.190. The molecule has 3 aliphatic rings. The van der Waals surface area contributed by atoms with E-state index in [4.69, 9.17) is 4.74 Å². The standard InChI is InChI=1S/C25H33NO7S/c1-11-9-24-13(3)7-12(2)23(5,6)16(19(24)29)8-15(10-27)18(28)25(24,32)20(11)33-21(30)17-14(4)26-22(31)34-17/h8-9,12-13,16,18,20,27-28,32H,7,10H2,1-6H3,(H,26,31)/t12-,13?,16+,18+,20-,24?,25-/m0/s1. The first-order valence-electron chi connectivity index (χ1n) is 11.6. The van der Waals surface area contributed by atoms with Crippen molar-refractivity contribution in [3.05, 3.63) is 43.5 Å². The van der Waals surface area contributed by atoms with Gasteiger partial charge in [-0.15, -0.1) is 0 Å². The van der Waals surface area contributed by atoms with Gasteiger partial charge < -0.3 is 25.0 Å². The summed E-state index contributed by atoms with van der Waals surface area (Å²) in [7, 11) is 0. The number of rotatable bonds is 3. The average molecular weight is 492 g/mol. The molecule has 34 heavy (non-hydrogen) atoms. The zero-order chi connectivity index (χ0) is 25.4. The largest absolute Gasteiger partial charge is 0.450 e. The summed E-state index contributed by atoms with van der Waals surface area (Å²) in [6.07, 6.45) is 0.890. The summed E-state index contributed by atoms with van der Waals surface area (Å²) < 4.78 is 5.77.